The molecule has 1 N–H and O–H groups in total. The van der Waals surface area contributed by atoms with Crippen molar-refractivity contribution in [2.45, 2.75) is 64.3 Å². The van der Waals surface area contributed by atoms with Gasteiger partial charge in [-0.05, 0) is 44.2 Å². The molecule has 0 bridgehead atoms. The molecule has 6 heteroatoms. The maximum atomic E-state index is 13.2. The molecule has 1 aromatic carbocycles. The van der Waals surface area contributed by atoms with E-state index < -0.39 is 0 Å². The Labute approximate surface area is 171 Å². The van der Waals surface area contributed by atoms with Crippen LogP contribution in [0, 0.1) is 6.92 Å². The quantitative estimate of drug-likeness (QED) is 0.739. The number of likely N-dealkylation sites (tertiary alicyclic amines) is 1. The van der Waals surface area contributed by atoms with Crippen LogP contribution in [0.15, 0.2) is 24.3 Å². The van der Waals surface area contributed by atoms with Gasteiger partial charge in [-0.1, -0.05) is 24.6 Å². The van der Waals surface area contributed by atoms with Crippen LogP contribution in [0.2, 0.25) is 0 Å². The van der Waals surface area contributed by atoms with E-state index in [4.69, 9.17) is 0 Å². The van der Waals surface area contributed by atoms with Crippen LogP contribution in [0.1, 0.15) is 60.9 Å². The van der Waals surface area contributed by atoms with Crippen molar-refractivity contribution in [2.75, 3.05) is 13.1 Å². The molecule has 5 rings (SSSR count). The second-order valence-corrected chi connectivity index (χ2v) is 8.57. The molecule has 1 saturated heterocycles. The van der Waals surface area contributed by atoms with Gasteiger partial charge in [0, 0.05) is 48.6 Å². The molecule has 0 radical (unpaired) electrons. The fourth-order valence-electron chi connectivity index (χ4n) is 5.05. The van der Waals surface area contributed by atoms with Crippen molar-refractivity contribution in [3.05, 3.63) is 47.2 Å². The summed E-state index contributed by atoms with van der Waals surface area (Å²) in [5, 5.41) is 10.2. The molecular weight excluding hydrogens is 362 g/mol. The van der Waals surface area contributed by atoms with Gasteiger partial charge in [-0.3, -0.25) is 4.79 Å². The molecule has 2 aliphatic rings. The maximum Gasteiger partial charge on any atom is 0.227 e. The van der Waals surface area contributed by atoms with Crippen molar-refractivity contribution in [1.82, 2.24) is 24.6 Å². The molecule has 2 aromatic heterocycles. The van der Waals surface area contributed by atoms with Gasteiger partial charge in [0.1, 0.15) is 11.6 Å². The van der Waals surface area contributed by atoms with E-state index in [0.29, 0.717) is 12.3 Å². The Morgan fingerprint density at radius 2 is 2.03 bits per heavy atom. The SMILES string of the molecule is Cc1[nH]c2ccccc2c1CC(=O)N1CCCC(c2nnc3n2CCCCC3)C1. The Hall–Kier alpha value is -2.63. The molecule has 6 nitrogen and oxygen atoms in total. The fraction of sp³-hybridized carbons (Fsp3) is 0.522. The maximum absolute atomic E-state index is 13.2. The lowest BCUT2D eigenvalue weighted by Gasteiger charge is -2.32. The summed E-state index contributed by atoms with van der Waals surface area (Å²) in [5.41, 5.74) is 3.33. The van der Waals surface area contributed by atoms with Crippen molar-refractivity contribution >= 4 is 16.8 Å². The van der Waals surface area contributed by atoms with Crippen molar-refractivity contribution in [3.8, 4) is 0 Å². The molecular formula is C23H29N5O. The summed E-state index contributed by atoms with van der Waals surface area (Å²) >= 11 is 0. The molecule has 29 heavy (non-hydrogen) atoms. The Balaban J connectivity index is 1.34. The summed E-state index contributed by atoms with van der Waals surface area (Å²) in [5.74, 6) is 2.76. The van der Waals surface area contributed by atoms with Gasteiger partial charge in [-0.2, -0.15) is 0 Å². The number of aromatic amines is 1. The third kappa shape index (κ3) is 3.45. The van der Waals surface area contributed by atoms with Gasteiger partial charge in [-0.15, -0.1) is 10.2 Å². The highest BCUT2D eigenvalue weighted by Crippen LogP contribution is 2.29. The molecule has 0 aliphatic carbocycles. The number of rotatable bonds is 3. The molecule has 0 saturated carbocycles. The molecule has 1 unspecified atom stereocenters. The number of hydrogen-bond donors (Lipinski definition) is 1. The number of amides is 1. The largest absolute Gasteiger partial charge is 0.358 e. The first kappa shape index (κ1) is 18.4. The molecule has 1 atom stereocenters. The third-order valence-corrected chi connectivity index (χ3v) is 6.63. The highest BCUT2D eigenvalue weighted by atomic mass is 16.2. The van der Waals surface area contributed by atoms with Gasteiger partial charge < -0.3 is 14.5 Å². The molecule has 152 valence electrons. The minimum Gasteiger partial charge on any atom is -0.358 e. The van der Waals surface area contributed by atoms with E-state index in [1.165, 1.54) is 19.3 Å². The number of H-pyrrole nitrogens is 1. The number of nitrogens with one attached hydrogen (secondary N) is 1. The summed E-state index contributed by atoms with van der Waals surface area (Å²) in [7, 11) is 0. The minimum absolute atomic E-state index is 0.221. The summed E-state index contributed by atoms with van der Waals surface area (Å²) < 4.78 is 2.34. The average Bonchev–Trinajstić information content (AvgIpc) is 3.19. The lowest BCUT2D eigenvalue weighted by atomic mass is 9.96. The van der Waals surface area contributed by atoms with Crippen LogP contribution in [0.4, 0.5) is 0 Å². The third-order valence-electron chi connectivity index (χ3n) is 6.63. The number of fused-ring (bicyclic) bond motifs is 2. The molecule has 4 heterocycles. The van der Waals surface area contributed by atoms with Crippen LogP contribution in [-0.4, -0.2) is 43.6 Å². The van der Waals surface area contributed by atoms with Gasteiger partial charge in [0.2, 0.25) is 5.91 Å². The van der Waals surface area contributed by atoms with Crippen LogP contribution < -0.4 is 0 Å². The topological polar surface area (TPSA) is 66.8 Å². The van der Waals surface area contributed by atoms with Crippen LogP contribution >= 0.6 is 0 Å². The van der Waals surface area contributed by atoms with Crippen molar-refractivity contribution in [3.63, 3.8) is 0 Å². The highest BCUT2D eigenvalue weighted by molar-refractivity contribution is 5.90. The zero-order valence-corrected chi connectivity index (χ0v) is 17.2. The number of carbonyl (C=O) groups excluding carboxylic acids is 1. The molecule has 1 fully saturated rings. The van der Waals surface area contributed by atoms with Gasteiger partial charge in [-0.25, -0.2) is 0 Å². The Bertz CT molecular complexity index is 1030. The van der Waals surface area contributed by atoms with Crippen molar-refractivity contribution in [1.29, 1.82) is 0 Å². The smallest absolute Gasteiger partial charge is 0.227 e. The number of piperidine rings is 1. The van der Waals surface area contributed by atoms with E-state index >= 15 is 0 Å². The second kappa shape index (κ2) is 7.65. The fourth-order valence-corrected chi connectivity index (χ4v) is 5.05. The van der Waals surface area contributed by atoms with Gasteiger partial charge in [0.25, 0.3) is 0 Å². The van der Waals surface area contributed by atoms with E-state index in [1.807, 2.05) is 17.0 Å². The first-order valence-electron chi connectivity index (χ1n) is 11.0. The number of aromatic nitrogens is 4. The minimum atomic E-state index is 0.221. The summed E-state index contributed by atoms with van der Waals surface area (Å²) in [6.07, 6.45) is 7.29. The number of nitrogens with zero attached hydrogens (tertiary/aromatic N) is 4. The van der Waals surface area contributed by atoms with Crippen molar-refractivity contribution in [2.24, 2.45) is 0 Å². The average molecular weight is 392 g/mol. The second-order valence-electron chi connectivity index (χ2n) is 8.57. The van der Waals surface area contributed by atoms with E-state index in [-0.39, 0.29) is 5.91 Å². The monoisotopic (exact) mass is 391 g/mol. The number of benzene rings is 1. The number of carbonyl (C=O) groups is 1. The number of para-hydroxylation sites is 1. The van der Waals surface area contributed by atoms with Gasteiger partial charge in [0.15, 0.2) is 0 Å². The van der Waals surface area contributed by atoms with Crippen LogP contribution in [0.25, 0.3) is 10.9 Å². The lowest BCUT2D eigenvalue weighted by molar-refractivity contribution is -0.131. The molecule has 1 amide bonds. The van der Waals surface area contributed by atoms with E-state index in [0.717, 1.165) is 72.7 Å². The van der Waals surface area contributed by atoms with Gasteiger partial charge in [0.05, 0.1) is 6.42 Å². The number of aryl methyl sites for hydroxylation is 2. The first-order valence-corrected chi connectivity index (χ1v) is 11.0. The van der Waals surface area contributed by atoms with Crippen molar-refractivity contribution < 1.29 is 4.79 Å². The van der Waals surface area contributed by atoms with E-state index in [9.17, 15) is 4.79 Å². The van der Waals surface area contributed by atoms with Crippen LogP contribution in [-0.2, 0) is 24.2 Å². The molecule has 2 aliphatic heterocycles. The summed E-state index contributed by atoms with van der Waals surface area (Å²) in [4.78, 5) is 18.7. The van der Waals surface area contributed by atoms with Gasteiger partial charge >= 0.3 is 0 Å². The zero-order valence-electron chi connectivity index (χ0n) is 17.2. The van der Waals surface area contributed by atoms with E-state index in [1.54, 1.807) is 0 Å². The predicted octanol–water partition coefficient (Wildman–Crippen LogP) is 3.74. The standard InChI is InChI=1S/C23H29N5O/c1-16-19(18-9-4-5-10-20(18)24-16)14-22(29)27-12-7-8-17(15-27)23-26-25-21-11-3-2-6-13-28(21)23/h4-5,9-10,17,24H,2-3,6-8,11-15H2,1H3. The Kier molecular flexibility index (Phi) is 4.86. The normalized spacial score (nSPS) is 19.9. The number of hydrogen-bond acceptors (Lipinski definition) is 3. The summed E-state index contributed by atoms with van der Waals surface area (Å²) in [6.45, 7) is 4.69. The highest BCUT2D eigenvalue weighted by Gasteiger charge is 2.30. The zero-order chi connectivity index (χ0) is 19.8. The summed E-state index contributed by atoms with van der Waals surface area (Å²) in [6, 6.07) is 8.24. The van der Waals surface area contributed by atoms with E-state index in [2.05, 4.69) is 38.8 Å². The molecule has 3 aromatic rings. The van der Waals surface area contributed by atoms with Crippen LogP contribution in [0.3, 0.4) is 0 Å². The molecule has 0 spiro atoms. The first-order chi connectivity index (χ1) is 14.2. The predicted molar refractivity (Wildman–Crippen MR) is 113 cm³/mol. The van der Waals surface area contributed by atoms with Crippen LogP contribution in [0.5, 0.6) is 0 Å². The lowest BCUT2D eigenvalue weighted by Crippen LogP contribution is -2.40. The Morgan fingerprint density at radius 1 is 1.14 bits per heavy atom. The Morgan fingerprint density at radius 3 is 2.97 bits per heavy atom.